The van der Waals surface area contributed by atoms with Gasteiger partial charge in [0.25, 0.3) is 0 Å². The van der Waals surface area contributed by atoms with Crippen LogP contribution in [-0.2, 0) is 18.9 Å². The molecule has 34 heavy (non-hydrogen) atoms. The fourth-order valence-electron chi connectivity index (χ4n) is 2.71. The lowest BCUT2D eigenvalue weighted by Crippen LogP contribution is -2.34. The van der Waals surface area contributed by atoms with E-state index in [4.69, 9.17) is 43.4 Å². The molecule has 0 aliphatic carbocycles. The first kappa shape index (κ1) is 32.3. The Morgan fingerprint density at radius 3 is 1.65 bits per heavy atom. The highest BCUT2D eigenvalue weighted by Gasteiger charge is 2.11. The van der Waals surface area contributed by atoms with Crippen LogP contribution in [0.3, 0.4) is 0 Å². The van der Waals surface area contributed by atoms with E-state index in [0.717, 1.165) is 19.6 Å². The molecule has 0 heterocycles. The molecule has 0 saturated carbocycles. The minimum Gasteiger partial charge on any atom is -0.493 e. The quantitative estimate of drug-likeness (QED) is 0.245. The van der Waals surface area contributed by atoms with Crippen LogP contribution in [-0.4, -0.2) is 122 Å². The van der Waals surface area contributed by atoms with Crippen LogP contribution in [0.4, 0.5) is 0 Å². The van der Waals surface area contributed by atoms with Crippen LogP contribution < -0.4 is 14.2 Å². The lowest BCUT2D eigenvalue weighted by Gasteiger charge is -2.22. The van der Waals surface area contributed by atoms with Crippen molar-refractivity contribution in [3.63, 3.8) is 0 Å². The molecule has 0 aliphatic rings. The summed E-state index contributed by atoms with van der Waals surface area (Å²) in [5.74, 6) is 1.82. The number of hydrogen-bond donors (Lipinski definition) is 2. The third-order valence-corrected chi connectivity index (χ3v) is 4.32. The van der Waals surface area contributed by atoms with E-state index in [1.54, 1.807) is 21.1 Å². The minimum atomic E-state index is 0.0412. The van der Waals surface area contributed by atoms with Crippen molar-refractivity contribution in [2.75, 3.05) is 107 Å². The monoisotopic (exact) mass is 491 g/mol. The molecule has 1 rings (SSSR count). The molecule has 1 aromatic carbocycles. The highest BCUT2D eigenvalue weighted by atomic mass is 16.6. The SMILES string of the molecule is CCO.CCOCCN(CCOCCO)CCOCCOCCOc1c(OC)cccc1OC. The van der Waals surface area contributed by atoms with Gasteiger partial charge < -0.3 is 43.4 Å². The number of aliphatic hydroxyl groups excluding tert-OH is 2. The molecule has 0 amide bonds. The van der Waals surface area contributed by atoms with Crippen molar-refractivity contribution in [1.82, 2.24) is 4.90 Å². The number of nitrogens with zero attached hydrogens (tertiary/aromatic N) is 1. The Balaban J connectivity index is 0.00000343. The Kier molecular flexibility index (Phi) is 23.3. The second-order valence-electron chi connectivity index (χ2n) is 6.76. The van der Waals surface area contributed by atoms with Gasteiger partial charge in [-0.15, -0.1) is 0 Å². The van der Waals surface area contributed by atoms with Crippen molar-refractivity contribution in [3.8, 4) is 17.2 Å². The van der Waals surface area contributed by atoms with Gasteiger partial charge in [-0.3, -0.25) is 4.90 Å². The number of aliphatic hydroxyl groups is 2. The summed E-state index contributed by atoms with van der Waals surface area (Å²) in [6, 6.07) is 5.49. The van der Waals surface area contributed by atoms with Gasteiger partial charge in [0.15, 0.2) is 11.5 Å². The molecular weight excluding hydrogens is 446 g/mol. The van der Waals surface area contributed by atoms with E-state index < -0.39 is 0 Å². The van der Waals surface area contributed by atoms with E-state index in [1.165, 1.54) is 0 Å². The summed E-state index contributed by atoms with van der Waals surface area (Å²) in [6.07, 6.45) is 0. The van der Waals surface area contributed by atoms with Crippen LogP contribution in [0.1, 0.15) is 13.8 Å². The van der Waals surface area contributed by atoms with E-state index in [1.807, 2.05) is 25.1 Å². The Hall–Kier alpha value is -1.66. The summed E-state index contributed by atoms with van der Waals surface area (Å²) >= 11 is 0. The van der Waals surface area contributed by atoms with E-state index in [2.05, 4.69) is 4.90 Å². The summed E-state index contributed by atoms with van der Waals surface area (Å²) in [5.41, 5.74) is 0. The summed E-state index contributed by atoms with van der Waals surface area (Å²) in [7, 11) is 3.19. The number of benzene rings is 1. The highest BCUT2D eigenvalue weighted by Crippen LogP contribution is 2.36. The second kappa shape index (κ2) is 24.5. The van der Waals surface area contributed by atoms with Crippen LogP contribution in [0.15, 0.2) is 18.2 Å². The summed E-state index contributed by atoms with van der Waals surface area (Å²) in [4.78, 5) is 2.22. The predicted molar refractivity (Wildman–Crippen MR) is 130 cm³/mol. The molecular formula is C24H45NO9. The lowest BCUT2D eigenvalue weighted by atomic mass is 10.3. The molecule has 10 heteroatoms. The Morgan fingerprint density at radius 2 is 1.15 bits per heavy atom. The summed E-state index contributed by atoms with van der Waals surface area (Å²) in [6.45, 7) is 11.1. The first-order chi connectivity index (χ1) is 16.7. The van der Waals surface area contributed by atoms with Crippen molar-refractivity contribution >= 4 is 0 Å². The molecule has 0 fully saturated rings. The van der Waals surface area contributed by atoms with Gasteiger partial charge in [0.2, 0.25) is 5.75 Å². The third-order valence-electron chi connectivity index (χ3n) is 4.32. The van der Waals surface area contributed by atoms with Gasteiger partial charge in [-0.05, 0) is 26.0 Å². The molecule has 200 valence electrons. The smallest absolute Gasteiger partial charge is 0.203 e. The summed E-state index contributed by atoms with van der Waals surface area (Å²) < 4.78 is 38.4. The van der Waals surface area contributed by atoms with Crippen LogP contribution in [0.2, 0.25) is 0 Å². The van der Waals surface area contributed by atoms with Gasteiger partial charge in [0, 0.05) is 32.8 Å². The molecule has 0 spiro atoms. The standard InChI is InChI=1S/C22H39NO8.C2H6O/c1-4-27-12-8-23(9-13-28-15-11-24)10-14-29-16-17-30-18-19-31-22-20(25-2)6-5-7-21(22)26-3;1-2-3/h5-7,24H,4,8-19H2,1-3H3;3H,2H2,1H3. The number of hydrogen-bond acceptors (Lipinski definition) is 10. The Labute approximate surface area is 204 Å². The van der Waals surface area contributed by atoms with Gasteiger partial charge in [0.1, 0.15) is 6.61 Å². The van der Waals surface area contributed by atoms with E-state index in [9.17, 15) is 0 Å². The second-order valence-corrected chi connectivity index (χ2v) is 6.76. The zero-order valence-corrected chi connectivity index (χ0v) is 21.3. The molecule has 0 radical (unpaired) electrons. The van der Waals surface area contributed by atoms with Crippen molar-refractivity contribution in [3.05, 3.63) is 18.2 Å². The van der Waals surface area contributed by atoms with E-state index in [-0.39, 0.29) is 13.2 Å². The lowest BCUT2D eigenvalue weighted by molar-refractivity contribution is 0.0191. The van der Waals surface area contributed by atoms with Gasteiger partial charge in [-0.2, -0.15) is 0 Å². The largest absolute Gasteiger partial charge is 0.493 e. The molecule has 0 saturated heterocycles. The topological polar surface area (TPSA) is 108 Å². The molecule has 2 N–H and O–H groups in total. The first-order valence-corrected chi connectivity index (χ1v) is 11.8. The maximum atomic E-state index is 8.78. The molecule has 0 unspecified atom stereocenters. The van der Waals surface area contributed by atoms with Crippen molar-refractivity contribution in [2.45, 2.75) is 13.8 Å². The summed E-state index contributed by atoms with van der Waals surface area (Å²) in [5, 5.41) is 16.3. The molecule has 1 aromatic rings. The fourth-order valence-corrected chi connectivity index (χ4v) is 2.71. The molecule has 0 aliphatic heterocycles. The van der Waals surface area contributed by atoms with Crippen LogP contribution in [0, 0.1) is 0 Å². The van der Waals surface area contributed by atoms with Gasteiger partial charge in [-0.25, -0.2) is 0 Å². The average molecular weight is 492 g/mol. The van der Waals surface area contributed by atoms with Crippen molar-refractivity contribution < 1.29 is 43.4 Å². The first-order valence-electron chi connectivity index (χ1n) is 11.8. The average Bonchev–Trinajstić information content (AvgIpc) is 2.85. The number of ether oxygens (including phenoxy) is 7. The molecule has 0 bridgehead atoms. The maximum Gasteiger partial charge on any atom is 0.203 e. The Bertz CT molecular complexity index is 541. The molecule has 0 aromatic heterocycles. The third kappa shape index (κ3) is 16.9. The van der Waals surface area contributed by atoms with Gasteiger partial charge >= 0.3 is 0 Å². The van der Waals surface area contributed by atoms with E-state index in [0.29, 0.717) is 76.7 Å². The van der Waals surface area contributed by atoms with Crippen molar-refractivity contribution in [2.24, 2.45) is 0 Å². The molecule has 10 nitrogen and oxygen atoms in total. The fraction of sp³-hybridized carbons (Fsp3) is 0.750. The Morgan fingerprint density at radius 1 is 0.676 bits per heavy atom. The number of rotatable bonds is 21. The molecule has 0 atom stereocenters. The van der Waals surface area contributed by atoms with E-state index >= 15 is 0 Å². The number of methoxy groups -OCH3 is 2. The maximum absolute atomic E-state index is 8.78. The normalized spacial score (nSPS) is 10.7. The van der Waals surface area contributed by atoms with Crippen LogP contribution >= 0.6 is 0 Å². The van der Waals surface area contributed by atoms with Gasteiger partial charge in [0.05, 0.1) is 67.1 Å². The van der Waals surface area contributed by atoms with Crippen LogP contribution in [0.5, 0.6) is 17.2 Å². The van der Waals surface area contributed by atoms with Gasteiger partial charge in [-0.1, -0.05) is 6.07 Å². The minimum absolute atomic E-state index is 0.0412. The zero-order chi connectivity index (χ0) is 25.3. The predicted octanol–water partition coefficient (Wildman–Crippen LogP) is 1.46. The van der Waals surface area contributed by atoms with Crippen molar-refractivity contribution in [1.29, 1.82) is 0 Å². The highest BCUT2D eigenvalue weighted by molar-refractivity contribution is 5.51. The zero-order valence-electron chi connectivity index (χ0n) is 21.3. The number of para-hydroxylation sites is 1. The van der Waals surface area contributed by atoms with Crippen LogP contribution in [0.25, 0.3) is 0 Å².